The molecule has 0 radical (unpaired) electrons. The van der Waals surface area contributed by atoms with Crippen molar-refractivity contribution in [3.63, 3.8) is 0 Å². The smallest absolute Gasteiger partial charge is 0.205 e. The van der Waals surface area contributed by atoms with Crippen molar-refractivity contribution in [3.05, 3.63) is 0 Å². The summed E-state index contributed by atoms with van der Waals surface area (Å²) in [6.07, 6.45) is 3.10. The number of hydrogen-bond donors (Lipinski definition) is 3. The van der Waals surface area contributed by atoms with E-state index in [4.69, 9.17) is 15.3 Å². The number of hydrogen-bond acceptors (Lipinski definition) is 4. The Hall–Kier alpha value is -0.850. The van der Waals surface area contributed by atoms with E-state index in [-0.39, 0.29) is 5.60 Å². The number of nitrogens with zero attached hydrogens (tertiary/aromatic N) is 1. The van der Waals surface area contributed by atoms with Crippen molar-refractivity contribution < 1.29 is 9.47 Å². The van der Waals surface area contributed by atoms with Gasteiger partial charge in [-0.1, -0.05) is 0 Å². The minimum atomic E-state index is -0.130. The molecule has 0 aromatic rings. The number of rotatable bonds is 7. The molecule has 18 heavy (non-hydrogen) atoms. The normalized spacial score (nSPS) is 24.3. The summed E-state index contributed by atoms with van der Waals surface area (Å²) in [5.74, 6) is 6.04. The van der Waals surface area contributed by atoms with Gasteiger partial charge in [-0.05, 0) is 33.1 Å². The first-order valence-corrected chi connectivity index (χ1v) is 6.67. The van der Waals surface area contributed by atoms with Gasteiger partial charge in [0.15, 0.2) is 0 Å². The summed E-state index contributed by atoms with van der Waals surface area (Å²) in [5.41, 5.74) is 2.45. The fourth-order valence-electron chi connectivity index (χ4n) is 1.89. The fourth-order valence-corrected chi connectivity index (χ4v) is 1.89. The highest BCUT2D eigenvalue weighted by Crippen LogP contribution is 2.24. The van der Waals surface area contributed by atoms with E-state index in [1.54, 1.807) is 0 Å². The van der Waals surface area contributed by atoms with Gasteiger partial charge in [0.05, 0.1) is 12.1 Å². The van der Waals surface area contributed by atoms with E-state index in [0.29, 0.717) is 12.5 Å². The first-order valence-electron chi connectivity index (χ1n) is 6.67. The quantitative estimate of drug-likeness (QED) is 0.202. The number of aliphatic imine (C=N–C) groups is 1. The summed E-state index contributed by atoms with van der Waals surface area (Å²) in [4.78, 5) is 4.42. The van der Waals surface area contributed by atoms with Crippen molar-refractivity contribution in [1.82, 2.24) is 10.7 Å². The van der Waals surface area contributed by atoms with Gasteiger partial charge in [0.25, 0.3) is 0 Å². The largest absolute Gasteiger partial charge is 0.382 e. The van der Waals surface area contributed by atoms with E-state index in [2.05, 4.69) is 22.7 Å². The third kappa shape index (κ3) is 5.66. The van der Waals surface area contributed by atoms with Crippen LogP contribution in [0.3, 0.4) is 0 Å². The molecule has 0 spiro atoms. The molecule has 0 aliphatic carbocycles. The van der Waals surface area contributed by atoms with Gasteiger partial charge in [0.1, 0.15) is 0 Å². The summed E-state index contributed by atoms with van der Waals surface area (Å²) >= 11 is 0. The van der Waals surface area contributed by atoms with Crippen LogP contribution in [-0.4, -0.2) is 44.5 Å². The van der Waals surface area contributed by atoms with Gasteiger partial charge in [-0.2, -0.15) is 0 Å². The Bertz CT molecular complexity index is 252. The monoisotopic (exact) mass is 258 g/mol. The van der Waals surface area contributed by atoms with E-state index in [1.165, 1.54) is 0 Å². The average Bonchev–Trinajstić information content (AvgIpc) is 2.80. The molecule has 1 aliphatic heterocycles. The molecule has 6 heteroatoms. The highest BCUT2D eigenvalue weighted by molar-refractivity contribution is 5.79. The fraction of sp³-hybridized carbons (Fsp3) is 0.917. The van der Waals surface area contributed by atoms with Gasteiger partial charge >= 0.3 is 0 Å². The molecular weight excluding hydrogens is 232 g/mol. The molecule has 6 nitrogen and oxygen atoms in total. The van der Waals surface area contributed by atoms with Crippen molar-refractivity contribution in [1.29, 1.82) is 0 Å². The van der Waals surface area contributed by atoms with Crippen LogP contribution in [-0.2, 0) is 9.47 Å². The maximum absolute atomic E-state index is 5.67. The van der Waals surface area contributed by atoms with Gasteiger partial charge in [0.2, 0.25) is 5.96 Å². The van der Waals surface area contributed by atoms with Crippen LogP contribution in [0.5, 0.6) is 0 Å². The van der Waals surface area contributed by atoms with E-state index < -0.39 is 0 Å². The van der Waals surface area contributed by atoms with Gasteiger partial charge in [-0.3, -0.25) is 5.43 Å². The predicted molar refractivity (Wildman–Crippen MR) is 72.3 cm³/mol. The van der Waals surface area contributed by atoms with Crippen LogP contribution >= 0.6 is 0 Å². The molecule has 0 aromatic carbocycles. The van der Waals surface area contributed by atoms with E-state index in [9.17, 15) is 0 Å². The predicted octanol–water partition coefficient (Wildman–Crippen LogP) is 0.391. The molecule has 1 fully saturated rings. The second-order valence-corrected chi connectivity index (χ2v) is 4.69. The maximum Gasteiger partial charge on any atom is 0.205 e. The summed E-state index contributed by atoms with van der Waals surface area (Å²) < 4.78 is 10.9. The van der Waals surface area contributed by atoms with E-state index >= 15 is 0 Å². The summed E-state index contributed by atoms with van der Waals surface area (Å²) in [6.45, 7) is 7.84. The Morgan fingerprint density at radius 3 is 3.00 bits per heavy atom. The zero-order valence-electron chi connectivity index (χ0n) is 11.5. The zero-order chi connectivity index (χ0) is 13.3. The van der Waals surface area contributed by atoms with Crippen molar-refractivity contribution in [2.75, 3.05) is 32.9 Å². The molecular formula is C12H26N4O2. The lowest BCUT2D eigenvalue weighted by Crippen LogP contribution is -2.43. The van der Waals surface area contributed by atoms with E-state index in [0.717, 1.165) is 45.6 Å². The molecule has 106 valence electrons. The van der Waals surface area contributed by atoms with Crippen LogP contribution in [0.2, 0.25) is 0 Å². The van der Waals surface area contributed by atoms with Gasteiger partial charge in [-0.15, -0.1) is 0 Å². The number of ether oxygens (including phenoxy) is 2. The van der Waals surface area contributed by atoms with Crippen molar-refractivity contribution in [3.8, 4) is 0 Å². The molecule has 0 saturated carbocycles. The van der Waals surface area contributed by atoms with Crippen LogP contribution in [0, 0.1) is 0 Å². The first kappa shape index (κ1) is 15.2. The molecule has 1 unspecified atom stereocenters. The lowest BCUT2D eigenvalue weighted by molar-refractivity contribution is 0.0283. The Morgan fingerprint density at radius 2 is 2.39 bits per heavy atom. The Balaban J connectivity index is 2.22. The number of guanidine groups is 1. The molecule has 1 rings (SSSR count). The van der Waals surface area contributed by atoms with Crippen LogP contribution in [0.1, 0.15) is 33.1 Å². The lowest BCUT2D eigenvalue weighted by atomic mass is 10.0. The molecule has 0 aromatic heterocycles. The number of nitrogens with one attached hydrogen (secondary N) is 2. The third-order valence-electron chi connectivity index (χ3n) is 2.97. The molecule has 4 N–H and O–H groups in total. The standard InChI is InChI=1S/C12H26N4O2/c1-3-17-8-5-7-14-11(16-13)15-10-12(2)6-4-9-18-12/h3-10,13H2,1-2H3,(H2,14,15,16). The molecule has 1 atom stereocenters. The van der Waals surface area contributed by atoms with Crippen LogP contribution in [0.15, 0.2) is 4.99 Å². The zero-order valence-corrected chi connectivity index (χ0v) is 11.5. The van der Waals surface area contributed by atoms with Crippen LogP contribution < -0.4 is 16.6 Å². The van der Waals surface area contributed by atoms with Crippen LogP contribution in [0.4, 0.5) is 0 Å². The van der Waals surface area contributed by atoms with Crippen molar-refractivity contribution in [2.24, 2.45) is 10.8 Å². The van der Waals surface area contributed by atoms with Crippen LogP contribution in [0.25, 0.3) is 0 Å². The Morgan fingerprint density at radius 1 is 1.56 bits per heavy atom. The number of nitrogens with two attached hydrogens (primary N) is 1. The van der Waals surface area contributed by atoms with Gasteiger partial charge in [0, 0.05) is 26.4 Å². The van der Waals surface area contributed by atoms with E-state index in [1.807, 2.05) is 6.92 Å². The van der Waals surface area contributed by atoms with Crippen molar-refractivity contribution in [2.45, 2.75) is 38.7 Å². The first-order chi connectivity index (χ1) is 8.70. The lowest BCUT2D eigenvalue weighted by Gasteiger charge is -2.21. The molecule has 1 saturated heterocycles. The summed E-state index contributed by atoms with van der Waals surface area (Å²) in [6, 6.07) is 0. The number of hydrazine groups is 1. The highest BCUT2D eigenvalue weighted by Gasteiger charge is 2.29. The summed E-state index contributed by atoms with van der Waals surface area (Å²) in [7, 11) is 0. The SMILES string of the molecule is CCOCCCNC(=NCC1(C)CCCO1)NN. The molecule has 1 aliphatic rings. The average molecular weight is 258 g/mol. The molecule has 0 amide bonds. The third-order valence-corrected chi connectivity index (χ3v) is 2.97. The minimum absolute atomic E-state index is 0.130. The topological polar surface area (TPSA) is 80.9 Å². The maximum atomic E-state index is 5.67. The van der Waals surface area contributed by atoms with Gasteiger partial charge in [-0.25, -0.2) is 10.8 Å². The Labute approximate surface area is 109 Å². The second-order valence-electron chi connectivity index (χ2n) is 4.69. The summed E-state index contributed by atoms with van der Waals surface area (Å²) in [5, 5.41) is 3.15. The molecule has 0 bridgehead atoms. The highest BCUT2D eigenvalue weighted by atomic mass is 16.5. The molecule has 1 heterocycles. The Kier molecular flexibility index (Phi) is 7.00. The van der Waals surface area contributed by atoms with Crippen molar-refractivity contribution >= 4 is 5.96 Å². The minimum Gasteiger partial charge on any atom is -0.382 e. The second kappa shape index (κ2) is 8.29. The van der Waals surface area contributed by atoms with Gasteiger partial charge < -0.3 is 14.8 Å².